The highest BCUT2D eigenvalue weighted by atomic mass is 16.2. The van der Waals surface area contributed by atoms with Crippen LogP contribution < -0.4 is 21.3 Å². The van der Waals surface area contributed by atoms with E-state index in [1.54, 1.807) is 7.05 Å². The third-order valence-electron chi connectivity index (χ3n) is 5.54. The molecular weight excluding hydrogens is 400 g/mol. The van der Waals surface area contributed by atoms with Gasteiger partial charge >= 0.3 is 6.03 Å². The molecule has 1 unspecified atom stereocenters. The zero-order valence-electron chi connectivity index (χ0n) is 19.4. The smallest absolute Gasteiger partial charge is 0.319 e. The van der Waals surface area contributed by atoms with Crippen LogP contribution in [0.3, 0.4) is 0 Å². The van der Waals surface area contributed by atoms with Crippen molar-refractivity contribution in [2.24, 2.45) is 4.99 Å². The van der Waals surface area contributed by atoms with E-state index >= 15 is 0 Å². The van der Waals surface area contributed by atoms with Crippen molar-refractivity contribution in [3.63, 3.8) is 0 Å². The molecule has 1 fully saturated rings. The lowest BCUT2D eigenvalue weighted by molar-refractivity contribution is 0.245. The van der Waals surface area contributed by atoms with Crippen LogP contribution in [-0.2, 0) is 6.54 Å². The second-order valence-electron chi connectivity index (χ2n) is 8.43. The Hall–Kier alpha value is -3.06. The lowest BCUT2D eigenvalue weighted by Gasteiger charge is -2.29. The number of urea groups is 1. The molecule has 7 nitrogen and oxygen atoms in total. The van der Waals surface area contributed by atoms with Gasteiger partial charge in [-0.2, -0.15) is 0 Å². The van der Waals surface area contributed by atoms with E-state index in [0.717, 1.165) is 36.8 Å². The van der Waals surface area contributed by atoms with E-state index in [4.69, 9.17) is 0 Å². The number of hydrogen-bond acceptors (Lipinski definition) is 3. The maximum absolute atomic E-state index is 11.8. The Morgan fingerprint density at radius 2 is 1.69 bits per heavy atom. The Morgan fingerprint density at radius 3 is 2.31 bits per heavy atom. The first-order valence-corrected chi connectivity index (χ1v) is 11.4. The Bertz CT molecular complexity index is 860. The van der Waals surface area contributed by atoms with Crippen molar-refractivity contribution in [2.45, 2.75) is 45.3 Å². The number of carbonyl (C=O) groups excluding carboxylic acids is 1. The number of likely N-dealkylation sites (tertiary alicyclic amines) is 1. The molecule has 1 aliphatic rings. The molecule has 0 radical (unpaired) electrons. The Morgan fingerprint density at radius 1 is 1.00 bits per heavy atom. The summed E-state index contributed by atoms with van der Waals surface area (Å²) >= 11 is 0. The largest absolute Gasteiger partial charge is 0.354 e. The number of nitrogens with zero attached hydrogens (tertiary/aromatic N) is 2. The summed E-state index contributed by atoms with van der Waals surface area (Å²) in [6.45, 7) is 7.60. The SMILES string of the molecule is CN=C(NCc1ccc(NC(=O)NC(C)C)cc1)NCC(c1ccccc1)N1CCCC1. The van der Waals surface area contributed by atoms with Gasteiger partial charge in [0.2, 0.25) is 0 Å². The van der Waals surface area contributed by atoms with Crippen LogP contribution in [0.1, 0.15) is 43.9 Å². The van der Waals surface area contributed by atoms with Gasteiger partial charge in [-0.3, -0.25) is 9.89 Å². The van der Waals surface area contributed by atoms with Crippen LogP contribution in [0.2, 0.25) is 0 Å². The van der Waals surface area contributed by atoms with Crippen LogP contribution in [0.4, 0.5) is 10.5 Å². The van der Waals surface area contributed by atoms with Crippen LogP contribution in [0.25, 0.3) is 0 Å². The number of benzene rings is 2. The quantitative estimate of drug-likeness (QED) is 0.376. The molecule has 4 N–H and O–H groups in total. The van der Waals surface area contributed by atoms with Gasteiger partial charge < -0.3 is 21.3 Å². The first-order chi connectivity index (χ1) is 15.5. The van der Waals surface area contributed by atoms with Crippen molar-refractivity contribution in [1.82, 2.24) is 20.9 Å². The highest BCUT2D eigenvalue weighted by molar-refractivity contribution is 5.89. The van der Waals surface area contributed by atoms with Gasteiger partial charge in [0.05, 0.1) is 6.04 Å². The normalized spacial score (nSPS) is 15.4. The summed E-state index contributed by atoms with van der Waals surface area (Å²) in [5.41, 5.74) is 3.22. The van der Waals surface area contributed by atoms with Gasteiger partial charge in [0.1, 0.15) is 0 Å². The third-order valence-corrected chi connectivity index (χ3v) is 5.54. The van der Waals surface area contributed by atoms with Crippen molar-refractivity contribution in [3.05, 3.63) is 65.7 Å². The highest BCUT2D eigenvalue weighted by Gasteiger charge is 2.23. The average molecular weight is 437 g/mol. The molecular formula is C25H36N6O. The summed E-state index contributed by atoms with van der Waals surface area (Å²) in [5.74, 6) is 0.781. The van der Waals surface area contributed by atoms with Crippen molar-refractivity contribution in [2.75, 3.05) is 32.0 Å². The van der Waals surface area contributed by atoms with Crippen LogP contribution in [0, 0.1) is 0 Å². The van der Waals surface area contributed by atoms with Gasteiger partial charge in [0.25, 0.3) is 0 Å². The molecule has 0 aromatic heterocycles. The molecule has 32 heavy (non-hydrogen) atoms. The number of carbonyl (C=O) groups is 1. The summed E-state index contributed by atoms with van der Waals surface area (Å²) in [6.07, 6.45) is 2.53. The van der Waals surface area contributed by atoms with E-state index in [-0.39, 0.29) is 12.1 Å². The lowest BCUT2D eigenvalue weighted by atomic mass is 10.1. The molecule has 172 valence electrons. The minimum Gasteiger partial charge on any atom is -0.354 e. The summed E-state index contributed by atoms with van der Waals surface area (Å²) in [4.78, 5) is 18.8. The van der Waals surface area contributed by atoms with Crippen molar-refractivity contribution < 1.29 is 4.79 Å². The molecule has 0 saturated carbocycles. The molecule has 1 heterocycles. The summed E-state index contributed by atoms with van der Waals surface area (Å²) in [5, 5.41) is 12.6. The Kier molecular flexibility index (Phi) is 8.92. The molecule has 7 heteroatoms. The van der Waals surface area contributed by atoms with E-state index in [9.17, 15) is 4.79 Å². The molecule has 0 spiro atoms. The zero-order chi connectivity index (χ0) is 22.8. The number of hydrogen-bond donors (Lipinski definition) is 4. The van der Waals surface area contributed by atoms with Crippen LogP contribution >= 0.6 is 0 Å². The van der Waals surface area contributed by atoms with Crippen molar-refractivity contribution >= 4 is 17.7 Å². The number of anilines is 1. The monoisotopic (exact) mass is 436 g/mol. The highest BCUT2D eigenvalue weighted by Crippen LogP contribution is 2.24. The minimum atomic E-state index is -0.193. The van der Waals surface area contributed by atoms with Crippen molar-refractivity contribution in [1.29, 1.82) is 0 Å². The maximum atomic E-state index is 11.8. The van der Waals surface area contributed by atoms with Crippen LogP contribution in [0.5, 0.6) is 0 Å². The fraction of sp³-hybridized carbons (Fsp3) is 0.440. The lowest BCUT2D eigenvalue weighted by Crippen LogP contribution is -2.42. The summed E-state index contributed by atoms with van der Waals surface area (Å²) in [6, 6.07) is 18.8. The van der Waals surface area contributed by atoms with Gasteiger partial charge in [-0.25, -0.2) is 4.79 Å². The van der Waals surface area contributed by atoms with Crippen LogP contribution in [0.15, 0.2) is 59.6 Å². The van der Waals surface area contributed by atoms with E-state index in [1.165, 1.54) is 18.4 Å². The van der Waals surface area contributed by atoms with Crippen LogP contribution in [-0.4, -0.2) is 49.6 Å². The van der Waals surface area contributed by atoms with Gasteiger partial charge in [0, 0.05) is 31.9 Å². The number of aliphatic imine (C=N–C) groups is 1. The van der Waals surface area contributed by atoms with E-state index in [1.807, 2.05) is 38.1 Å². The molecule has 2 amide bonds. The van der Waals surface area contributed by atoms with Gasteiger partial charge in [-0.05, 0) is 63.0 Å². The molecule has 2 aromatic carbocycles. The fourth-order valence-corrected chi connectivity index (χ4v) is 3.92. The fourth-order valence-electron chi connectivity index (χ4n) is 3.92. The predicted octanol–water partition coefficient (Wildman–Crippen LogP) is 3.72. The number of amides is 2. The molecule has 0 aliphatic carbocycles. The molecule has 1 saturated heterocycles. The van der Waals surface area contributed by atoms with E-state index in [0.29, 0.717) is 12.6 Å². The zero-order valence-corrected chi connectivity index (χ0v) is 19.4. The second-order valence-corrected chi connectivity index (χ2v) is 8.43. The van der Waals surface area contributed by atoms with Crippen molar-refractivity contribution in [3.8, 4) is 0 Å². The molecule has 1 aliphatic heterocycles. The number of rotatable bonds is 8. The second kappa shape index (κ2) is 12.1. The molecule has 0 bridgehead atoms. The summed E-state index contributed by atoms with van der Waals surface area (Å²) in [7, 11) is 1.79. The average Bonchev–Trinajstić information content (AvgIpc) is 3.32. The third kappa shape index (κ3) is 7.27. The molecule has 3 rings (SSSR count). The minimum absolute atomic E-state index is 0.102. The molecule has 1 atom stereocenters. The number of guanidine groups is 1. The first-order valence-electron chi connectivity index (χ1n) is 11.4. The van der Waals surface area contributed by atoms with E-state index in [2.05, 4.69) is 61.5 Å². The first kappa shape index (κ1) is 23.6. The Balaban J connectivity index is 1.51. The summed E-state index contributed by atoms with van der Waals surface area (Å²) < 4.78 is 0. The van der Waals surface area contributed by atoms with Gasteiger partial charge in [-0.1, -0.05) is 42.5 Å². The standard InChI is InChI=1S/C25H36N6O/c1-19(2)29-25(32)30-22-13-11-20(12-14-22)17-27-24(26-3)28-18-23(31-15-7-8-16-31)21-9-5-4-6-10-21/h4-6,9-14,19,23H,7-8,15-18H2,1-3H3,(H2,26,27,28)(H2,29,30,32). The van der Waals surface area contributed by atoms with Gasteiger partial charge in [-0.15, -0.1) is 0 Å². The predicted molar refractivity (Wildman–Crippen MR) is 132 cm³/mol. The molecule has 2 aromatic rings. The Labute approximate surface area is 191 Å². The maximum Gasteiger partial charge on any atom is 0.319 e. The van der Waals surface area contributed by atoms with Gasteiger partial charge in [0.15, 0.2) is 5.96 Å². The van der Waals surface area contributed by atoms with E-state index < -0.39 is 0 Å². The topological polar surface area (TPSA) is 80.8 Å². The number of nitrogens with one attached hydrogen (secondary N) is 4.